The molecule has 0 bridgehead atoms. The standard InChI is InChI=1S/C28H26N2O4/c1-18-25(26(29-34-18)19-10-6-4-7-11-19)28(31)30-15-14-21-16-23(32-2)24(33-3)17-22(21)27(30)20-12-8-5-9-13-20/h4-13,16-17,27H,14-15H2,1-3H3/t27-/m1/s1. The van der Waals surface area contributed by atoms with Gasteiger partial charge in [-0.1, -0.05) is 65.8 Å². The molecule has 0 saturated heterocycles. The third-order valence-electron chi connectivity index (χ3n) is 6.37. The molecule has 0 N–H and O–H groups in total. The van der Waals surface area contributed by atoms with Crippen molar-refractivity contribution < 1.29 is 18.8 Å². The molecule has 1 aliphatic rings. The molecule has 6 nitrogen and oxygen atoms in total. The lowest BCUT2D eigenvalue weighted by molar-refractivity contribution is 0.0693. The van der Waals surface area contributed by atoms with Gasteiger partial charge in [0.1, 0.15) is 17.0 Å². The normalized spacial score (nSPS) is 15.0. The fraction of sp³-hybridized carbons (Fsp3) is 0.214. The van der Waals surface area contributed by atoms with Crippen LogP contribution < -0.4 is 9.47 Å². The second-order valence-electron chi connectivity index (χ2n) is 8.30. The highest BCUT2D eigenvalue weighted by Gasteiger charge is 2.36. The Kier molecular flexibility index (Phi) is 5.80. The van der Waals surface area contributed by atoms with E-state index in [2.05, 4.69) is 17.3 Å². The van der Waals surface area contributed by atoms with Crippen molar-refractivity contribution in [2.24, 2.45) is 0 Å². The fourth-order valence-electron chi connectivity index (χ4n) is 4.72. The second-order valence-corrected chi connectivity index (χ2v) is 8.30. The van der Waals surface area contributed by atoms with E-state index in [1.807, 2.05) is 65.6 Å². The van der Waals surface area contributed by atoms with Gasteiger partial charge in [-0.2, -0.15) is 0 Å². The molecule has 1 amide bonds. The van der Waals surface area contributed by atoms with Crippen LogP contribution in [0.2, 0.25) is 0 Å². The highest BCUT2D eigenvalue weighted by atomic mass is 16.5. The molecule has 0 aliphatic carbocycles. The predicted octanol–water partition coefficient (Wildman–Crippen LogP) is 5.46. The second kappa shape index (κ2) is 9.06. The Hall–Kier alpha value is -4.06. The largest absolute Gasteiger partial charge is 0.493 e. The number of aryl methyl sites for hydroxylation is 1. The lowest BCUT2D eigenvalue weighted by Crippen LogP contribution is -2.41. The first kappa shape index (κ1) is 21.8. The lowest BCUT2D eigenvalue weighted by Gasteiger charge is -2.38. The number of hydrogen-bond donors (Lipinski definition) is 0. The summed E-state index contributed by atoms with van der Waals surface area (Å²) >= 11 is 0. The van der Waals surface area contributed by atoms with Crippen LogP contribution in [0.1, 0.15) is 38.9 Å². The molecule has 0 fully saturated rings. The first-order chi connectivity index (χ1) is 16.6. The van der Waals surface area contributed by atoms with E-state index in [1.54, 1.807) is 21.1 Å². The Morgan fingerprint density at radius 1 is 0.971 bits per heavy atom. The van der Waals surface area contributed by atoms with E-state index in [0.29, 0.717) is 41.5 Å². The summed E-state index contributed by atoms with van der Waals surface area (Å²) in [4.78, 5) is 16.0. The van der Waals surface area contributed by atoms with Crippen LogP contribution in [0.3, 0.4) is 0 Å². The van der Waals surface area contributed by atoms with E-state index in [4.69, 9.17) is 14.0 Å². The molecule has 0 radical (unpaired) electrons. The Morgan fingerprint density at radius 3 is 2.29 bits per heavy atom. The zero-order chi connectivity index (χ0) is 23.7. The Balaban J connectivity index is 1.64. The number of hydrogen-bond acceptors (Lipinski definition) is 5. The fourth-order valence-corrected chi connectivity index (χ4v) is 4.72. The van der Waals surface area contributed by atoms with Gasteiger partial charge in [-0.25, -0.2) is 0 Å². The summed E-state index contributed by atoms with van der Waals surface area (Å²) in [6.07, 6.45) is 0.704. The molecule has 0 saturated carbocycles. The van der Waals surface area contributed by atoms with Crippen molar-refractivity contribution in [1.29, 1.82) is 0 Å². The monoisotopic (exact) mass is 454 g/mol. The van der Waals surface area contributed by atoms with Crippen molar-refractivity contribution in [2.45, 2.75) is 19.4 Å². The van der Waals surface area contributed by atoms with Crippen molar-refractivity contribution in [1.82, 2.24) is 10.1 Å². The SMILES string of the molecule is COc1cc2c(cc1OC)[C@@H](c1ccccc1)N(C(=O)c1c(-c3ccccc3)noc1C)CC2. The zero-order valence-corrected chi connectivity index (χ0v) is 19.4. The third kappa shape index (κ3) is 3.71. The van der Waals surface area contributed by atoms with Crippen LogP contribution in [0, 0.1) is 6.92 Å². The predicted molar refractivity (Wildman–Crippen MR) is 129 cm³/mol. The molecule has 3 aromatic carbocycles. The van der Waals surface area contributed by atoms with Crippen molar-refractivity contribution in [3.63, 3.8) is 0 Å². The van der Waals surface area contributed by atoms with E-state index in [1.165, 1.54) is 0 Å². The molecule has 6 heteroatoms. The number of aromatic nitrogens is 1. The number of carbonyl (C=O) groups is 1. The summed E-state index contributed by atoms with van der Waals surface area (Å²) in [6.45, 7) is 2.34. The summed E-state index contributed by atoms with van der Waals surface area (Å²) in [5.41, 5.74) is 5.10. The quantitative estimate of drug-likeness (QED) is 0.401. The summed E-state index contributed by atoms with van der Waals surface area (Å²) < 4.78 is 16.6. The topological polar surface area (TPSA) is 64.8 Å². The van der Waals surface area contributed by atoms with E-state index in [0.717, 1.165) is 22.3 Å². The number of nitrogens with zero attached hydrogens (tertiary/aromatic N) is 2. The first-order valence-electron chi connectivity index (χ1n) is 11.2. The highest BCUT2D eigenvalue weighted by molar-refractivity contribution is 6.01. The third-order valence-corrected chi connectivity index (χ3v) is 6.37. The molecule has 2 heterocycles. The number of fused-ring (bicyclic) bond motifs is 1. The molecular weight excluding hydrogens is 428 g/mol. The summed E-state index contributed by atoms with van der Waals surface area (Å²) in [5.74, 6) is 1.73. The van der Waals surface area contributed by atoms with Gasteiger partial charge in [-0.15, -0.1) is 0 Å². The highest BCUT2D eigenvalue weighted by Crippen LogP contribution is 2.42. The van der Waals surface area contributed by atoms with Gasteiger partial charge in [0.05, 0.1) is 20.3 Å². The maximum absolute atomic E-state index is 14.1. The average Bonchev–Trinajstić information content (AvgIpc) is 3.28. The number of methoxy groups -OCH3 is 2. The van der Waals surface area contributed by atoms with Crippen LogP contribution in [0.4, 0.5) is 0 Å². The van der Waals surface area contributed by atoms with Gasteiger partial charge >= 0.3 is 0 Å². The number of benzene rings is 3. The number of amides is 1. The number of rotatable bonds is 5. The summed E-state index contributed by atoms with van der Waals surface area (Å²) in [7, 11) is 3.26. The van der Waals surface area contributed by atoms with Gasteiger partial charge in [0.25, 0.3) is 5.91 Å². The number of ether oxygens (including phenoxy) is 2. The maximum atomic E-state index is 14.1. The molecule has 4 aromatic rings. The molecule has 5 rings (SSSR count). The van der Waals surface area contributed by atoms with Crippen LogP contribution in [0.15, 0.2) is 77.3 Å². The molecule has 0 unspecified atom stereocenters. The minimum absolute atomic E-state index is 0.105. The van der Waals surface area contributed by atoms with Crippen LogP contribution in [0.25, 0.3) is 11.3 Å². The maximum Gasteiger partial charge on any atom is 0.260 e. The van der Waals surface area contributed by atoms with Gasteiger partial charge in [0.2, 0.25) is 0 Å². The van der Waals surface area contributed by atoms with E-state index in [-0.39, 0.29) is 11.9 Å². The van der Waals surface area contributed by atoms with Crippen LogP contribution in [-0.2, 0) is 6.42 Å². The Labute approximate surface area is 198 Å². The van der Waals surface area contributed by atoms with E-state index < -0.39 is 0 Å². The Morgan fingerprint density at radius 2 is 1.62 bits per heavy atom. The first-order valence-corrected chi connectivity index (χ1v) is 11.2. The van der Waals surface area contributed by atoms with Gasteiger partial charge in [-0.3, -0.25) is 4.79 Å². The van der Waals surface area contributed by atoms with Crippen LogP contribution >= 0.6 is 0 Å². The van der Waals surface area contributed by atoms with Gasteiger partial charge in [0, 0.05) is 12.1 Å². The molecular formula is C28H26N2O4. The van der Waals surface area contributed by atoms with Crippen LogP contribution in [0.5, 0.6) is 11.5 Å². The van der Waals surface area contributed by atoms with E-state index in [9.17, 15) is 4.79 Å². The summed E-state index contributed by atoms with van der Waals surface area (Å²) in [6, 6.07) is 23.5. The van der Waals surface area contributed by atoms with Gasteiger partial charge in [-0.05, 0) is 42.2 Å². The molecule has 172 valence electrons. The van der Waals surface area contributed by atoms with Crippen molar-refractivity contribution in [3.05, 3.63) is 101 Å². The Bertz CT molecular complexity index is 1320. The lowest BCUT2D eigenvalue weighted by atomic mass is 9.87. The van der Waals surface area contributed by atoms with Gasteiger partial charge in [0.15, 0.2) is 11.5 Å². The molecule has 0 spiro atoms. The molecule has 1 aromatic heterocycles. The van der Waals surface area contributed by atoms with E-state index >= 15 is 0 Å². The molecule has 34 heavy (non-hydrogen) atoms. The zero-order valence-electron chi connectivity index (χ0n) is 19.4. The smallest absolute Gasteiger partial charge is 0.260 e. The average molecular weight is 455 g/mol. The van der Waals surface area contributed by atoms with Gasteiger partial charge < -0.3 is 18.9 Å². The van der Waals surface area contributed by atoms with Crippen LogP contribution in [-0.4, -0.2) is 36.7 Å². The molecule has 1 atom stereocenters. The summed E-state index contributed by atoms with van der Waals surface area (Å²) in [5, 5.41) is 4.24. The van der Waals surface area contributed by atoms with Crippen molar-refractivity contribution in [2.75, 3.05) is 20.8 Å². The molecule has 1 aliphatic heterocycles. The van der Waals surface area contributed by atoms with Crippen molar-refractivity contribution >= 4 is 5.91 Å². The van der Waals surface area contributed by atoms with Crippen molar-refractivity contribution in [3.8, 4) is 22.8 Å². The minimum atomic E-state index is -0.282. The number of carbonyl (C=O) groups excluding carboxylic acids is 1. The minimum Gasteiger partial charge on any atom is -0.493 e.